The zero-order chi connectivity index (χ0) is 17.5. The molecule has 0 aliphatic carbocycles. The monoisotopic (exact) mass is 357 g/mol. The molecule has 1 unspecified atom stereocenters. The minimum absolute atomic E-state index is 0.0648. The van der Waals surface area contributed by atoms with Crippen LogP contribution in [0.4, 0.5) is 8.78 Å². The number of nitrogens with one attached hydrogen (secondary N) is 1. The molecule has 0 radical (unpaired) electrons. The molecule has 0 bridgehead atoms. The Morgan fingerprint density at radius 2 is 2.04 bits per heavy atom. The number of piperazine rings is 1. The molecule has 1 aliphatic heterocycles. The maximum absolute atomic E-state index is 13.2. The van der Waals surface area contributed by atoms with E-state index in [4.69, 9.17) is 0 Å². The van der Waals surface area contributed by atoms with E-state index in [-0.39, 0.29) is 24.4 Å². The molecule has 1 aliphatic rings. The molecule has 0 amide bonds. The molecular weight excluding hydrogens is 336 g/mol. The van der Waals surface area contributed by atoms with Gasteiger partial charge in [0.25, 0.3) is 0 Å². The average Bonchev–Trinajstić information content (AvgIpc) is 2.79. The maximum Gasteiger partial charge on any atom is 0.245 e. The number of hydrogen-bond acceptors (Lipinski definition) is 3. The van der Waals surface area contributed by atoms with Gasteiger partial charge in [0, 0.05) is 55.7 Å². The molecule has 132 valence electrons. The molecule has 1 atom stereocenters. The van der Waals surface area contributed by atoms with Crippen LogP contribution in [0.15, 0.2) is 29.2 Å². The fourth-order valence-corrected chi connectivity index (χ4v) is 5.25. The molecular formula is C16H21F2N3O2S. The number of nitrogens with zero attached hydrogens (tertiary/aromatic N) is 2. The van der Waals surface area contributed by atoms with Crippen molar-refractivity contribution in [1.29, 1.82) is 0 Å². The second-order valence-corrected chi connectivity index (χ2v) is 8.01. The summed E-state index contributed by atoms with van der Waals surface area (Å²) in [4.78, 5) is 0.276. The first-order valence-electron chi connectivity index (χ1n) is 7.88. The van der Waals surface area contributed by atoms with Crippen molar-refractivity contribution in [3.05, 3.63) is 30.0 Å². The van der Waals surface area contributed by atoms with Gasteiger partial charge in [0.05, 0.1) is 0 Å². The second-order valence-electron chi connectivity index (χ2n) is 6.13. The molecule has 1 aromatic heterocycles. The van der Waals surface area contributed by atoms with E-state index in [9.17, 15) is 17.2 Å². The van der Waals surface area contributed by atoms with E-state index < -0.39 is 22.5 Å². The first-order valence-corrected chi connectivity index (χ1v) is 9.32. The quantitative estimate of drug-likeness (QED) is 0.912. The summed E-state index contributed by atoms with van der Waals surface area (Å²) in [6.07, 6.45) is -2.80. The van der Waals surface area contributed by atoms with Crippen molar-refractivity contribution in [2.75, 3.05) is 19.6 Å². The van der Waals surface area contributed by atoms with Crippen molar-refractivity contribution in [2.45, 2.75) is 30.7 Å². The van der Waals surface area contributed by atoms with Gasteiger partial charge in [0.15, 0.2) is 0 Å². The number of aryl methyl sites for hydroxylation is 1. The summed E-state index contributed by atoms with van der Waals surface area (Å²) in [6, 6.07) is 6.80. The lowest BCUT2D eigenvalue weighted by molar-refractivity contribution is 0.111. The molecule has 0 saturated carbocycles. The molecule has 1 N–H and O–H groups in total. The predicted molar refractivity (Wildman–Crippen MR) is 88.8 cm³/mol. The second kappa shape index (κ2) is 6.42. The van der Waals surface area contributed by atoms with Gasteiger partial charge in [-0.15, -0.1) is 0 Å². The molecule has 1 saturated heterocycles. The summed E-state index contributed by atoms with van der Waals surface area (Å²) in [6.45, 7) is 2.49. The first kappa shape index (κ1) is 17.3. The van der Waals surface area contributed by atoms with Gasteiger partial charge < -0.3 is 9.88 Å². The van der Waals surface area contributed by atoms with Gasteiger partial charge in [-0.25, -0.2) is 17.2 Å². The normalized spacial score (nSPS) is 20.1. The van der Waals surface area contributed by atoms with Crippen molar-refractivity contribution >= 4 is 20.9 Å². The molecule has 2 heterocycles. The number of para-hydroxylation sites is 1. The highest BCUT2D eigenvalue weighted by Gasteiger charge is 2.34. The number of aromatic nitrogens is 1. The molecule has 2 aromatic rings. The zero-order valence-corrected chi connectivity index (χ0v) is 14.5. The minimum atomic E-state index is -3.74. The lowest BCUT2D eigenvalue weighted by Crippen LogP contribution is -2.53. The molecule has 0 spiro atoms. The van der Waals surface area contributed by atoms with Gasteiger partial charge in [-0.2, -0.15) is 4.31 Å². The SMILES string of the molecule is Cc1c(S(=O)(=O)N2CCNC(CC(F)F)C2)c2ccccc2n1C. The summed E-state index contributed by atoms with van der Waals surface area (Å²) in [5.74, 6) is 0. The van der Waals surface area contributed by atoms with E-state index in [0.29, 0.717) is 17.6 Å². The van der Waals surface area contributed by atoms with Crippen molar-refractivity contribution in [2.24, 2.45) is 7.05 Å². The Morgan fingerprint density at radius 3 is 2.75 bits per heavy atom. The van der Waals surface area contributed by atoms with Gasteiger partial charge in [-0.1, -0.05) is 18.2 Å². The van der Waals surface area contributed by atoms with Crippen LogP contribution in [-0.4, -0.2) is 49.4 Å². The molecule has 3 rings (SSSR count). The third-order valence-corrected chi connectivity index (χ3v) is 6.66. The van der Waals surface area contributed by atoms with Gasteiger partial charge in [-0.05, 0) is 13.0 Å². The Balaban J connectivity index is 2.01. The van der Waals surface area contributed by atoms with E-state index in [0.717, 1.165) is 5.52 Å². The molecule has 24 heavy (non-hydrogen) atoms. The molecule has 1 aromatic carbocycles. The molecule has 8 heteroatoms. The fraction of sp³-hybridized carbons (Fsp3) is 0.500. The fourth-order valence-electron chi connectivity index (χ4n) is 3.33. The number of halogens is 2. The minimum Gasteiger partial charge on any atom is -0.347 e. The number of sulfonamides is 1. The summed E-state index contributed by atoms with van der Waals surface area (Å²) in [7, 11) is -1.91. The van der Waals surface area contributed by atoms with Crippen LogP contribution in [0.5, 0.6) is 0 Å². The van der Waals surface area contributed by atoms with Crippen molar-refractivity contribution in [1.82, 2.24) is 14.2 Å². The first-order chi connectivity index (χ1) is 11.3. The van der Waals surface area contributed by atoms with E-state index in [1.54, 1.807) is 19.1 Å². The molecule has 1 fully saturated rings. The number of hydrogen-bond donors (Lipinski definition) is 1. The topological polar surface area (TPSA) is 54.3 Å². The number of alkyl halides is 2. The number of rotatable bonds is 4. The van der Waals surface area contributed by atoms with Gasteiger partial charge in [0.2, 0.25) is 16.4 Å². The van der Waals surface area contributed by atoms with E-state index in [1.807, 2.05) is 23.7 Å². The highest BCUT2D eigenvalue weighted by molar-refractivity contribution is 7.89. The summed E-state index contributed by atoms with van der Waals surface area (Å²) >= 11 is 0. The largest absolute Gasteiger partial charge is 0.347 e. The van der Waals surface area contributed by atoms with Crippen LogP contribution < -0.4 is 5.32 Å². The van der Waals surface area contributed by atoms with Crippen LogP contribution in [0.1, 0.15) is 12.1 Å². The van der Waals surface area contributed by atoms with Crippen LogP contribution in [0.25, 0.3) is 10.9 Å². The third-order valence-electron chi connectivity index (χ3n) is 4.62. The standard InChI is InChI=1S/C16H21F2N3O2S/c1-11-16(13-5-3-4-6-14(13)20(11)2)24(22,23)21-8-7-19-12(10-21)9-15(17)18/h3-6,12,15,19H,7-10H2,1-2H3. The van der Waals surface area contributed by atoms with Gasteiger partial charge in [-0.3, -0.25) is 0 Å². The van der Waals surface area contributed by atoms with E-state index in [1.165, 1.54) is 4.31 Å². The van der Waals surface area contributed by atoms with Crippen molar-refractivity contribution < 1.29 is 17.2 Å². The van der Waals surface area contributed by atoms with Crippen LogP contribution in [-0.2, 0) is 17.1 Å². The smallest absolute Gasteiger partial charge is 0.245 e. The Kier molecular flexibility index (Phi) is 4.63. The summed E-state index contributed by atoms with van der Waals surface area (Å²) in [5.41, 5.74) is 1.49. The highest BCUT2D eigenvalue weighted by Crippen LogP contribution is 2.31. The van der Waals surface area contributed by atoms with Crippen LogP contribution in [0, 0.1) is 6.92 Å². The lowest BCUT2D eigenvalue weighted by Gasteiger charge is -2.32. The van der Waals surface area contributed by atoms with Crippen LogP contribution in [0.3, 0.4) is 0 Å². The Hall–Kier alpha value is -1.51. The van der Waals surface area contributed by atoms with E-state index >= 15 is 0 Å². The predicted octanol–water partition coefficient (Wildman–Crippen LogP) is 2.10. The van der Waals surface area contributed by atoms with Crippen molar-refractivity contribution in [3.63, 3.8) is 0 Å². The highest BCUT2D eigenvalue weighted by atomic mass is 32.2. The number of benzene rings is 1. The maximum atomic E-state index is 13.2. The summed E-state index contributed by atoms with van der Waals surface area (Å²) in [5, 5.41) is 3.64. The number of fused-ring (bicyclic) bond motifs is 1. The summed E-state index contributed by atoms with van der Waals surface area (Å²) < 4.78 is 54.8. The third kappa shape index (κ3) is 2.94. The average molecular weight is 357 g/mol. The van der Waals surface area contributed by atoms with Crippen LogP contribution in [0.2, 0.25) is 0 Å². The van der Waals surface area contributed by atoms with Gasteiger partial charge >= 0.3 is 0 Å². The Labute approximate surface area is 140 Å². The van der Waals surface area contributed by atoms with Crippen LogP contribution >= 0.6 is 0 Å². The Bertz CT molecular complexity index is 848. The Morgan fingerprint density at radius 1 is 1.33 bits per heavy atom. The van der Waals surface area contributed by atoms with E-state index in [2.05, 4.69) is 5.32 Å². The van der Waals surface area contributed by atoms with Crippen molar-refractivity contribution in [3.8, 4) is 0 Å². The molecule has 5 nitrogen and oxygen atoms in total. The zero-order valence-electron chi connectivity index (χ0n) is 13.7. The van der Waals surface area contributed by atoms with Gasteiger partial charge in [0.1, 0.15) is 4.90 Å². The lowest BCUT2D eigenvalue weighted by atomic mass is 10.2.